The van der Waals surface area contributed by atoms with Gasteiger partial charge < -0.3 is 10.6 Å². The van der Waals surface area contributed by atoms with E-state index in [1.54, 1.807) is 0 Å². The van der Waals surface area contributed by atoms with Crippen LogP contribution in [0.2, 0.25) is 0 Å². The lowest BCUT2D eigenvalue weighted by molar-refractivity contribution is -0.124. The predicted molar refractivity (Wildman–Crippen MR) is 110 cm³/mol. The first-order chi connectivity index (χ1) is 12.9. The number of piperazine rings is 1. The molecule has 27 heavy (non-hydrogen) atoms. The highest BCUT2D eigenvalue weighted by Crippen LogP contribution is 2.17. The number of anilines is 1. The van der Waals surface area contributed by atoms with Crippen molar-refractivity contribution in [3.63, 3.8) is 0 Å². The molecule has 1 aliphatic rings. The van der Waals surface area contributed by atoms with Gasteiger partial charge in [-0.3, -0.25) is 19.4 Å². The number of amides is 2. The van der Waals surface area contributed by atoms with Gasteiger partial charge in [0.15, 0.2) is 0 Å². The summed E-state index contributed by atoms with van der Waals surface area (Å²) in [6.07, 6.45) is 2.08. The van der Waals surface area contributed by atoms with E-state index < -0.39 is 0 Å². The maximum Gasteiger partial charge on any atom is 0.238 e. The van der Waals surface area contributed by atoms with Gasteiger partial charge in [0.25, 0.3) is 0 Å². The quantitative estimate of drug-likeness (QED) is 0.732. The van der Waals surface area contributed by atoms with Crippen molar-refractivity contribution in [2.24, 2.45) is 0 Å². The van der Waals surface area contributed by atoms with Gasteiger partial charge in [0.05, 0.1) is 13.1 Å². The van der Waals surface area contributed by atoms with Crippen LogP contribution in [0.1, 0.15) is 37.8 Å². The van der Waals surface area contributed by atoms with Crippen LogP contribution in [0, 0.1) is 13.8 Å². The van der Waals surface area contributed by atoms with E-state index in [0.29, 0.717) is 13.1 Å². The minimum atomic E-state index is 0.0169. The van der Waals surface area contributed by atoms with E-state index in [2.05, 4.69) is 27.4 Å². The first kappa shape index (κ1) is 21.4. The molecule has 1 heterocycles. The van der Waals surface area contributed by atoms with Gasteiger partial charge in [0.2, 0.25) is 11.8 Å². The van der Waals surface area contributed by atoms with Crippen molar-refractivity contribution in [2.45, 2.75) is 46.6 Å². The van der Waals surface area contributed by atoms with Crippen molar-refractivity contribution in [3.05, 3.63) is 29.3 Å². The number of hydrogen-bond acceptors (Lipinski definition) is 4. The summed E-state index contributed by atoms with van der Waals surface area (Å²) in [5.74, 6) is 0.111. The molecule has 150 valence electrons. The Morgan fingerprint density at radius 2 is 1.63 bits per heavy atom. The largest absolute Gasteiger partial charge is 0.353 e. The van der Waals surface area contributed by atoms with Crippen molar-refractivity contribution in [1.29, 1.82) is 0 Å². The highest BCUT2D eigenvalue weighted by Gasteiger charge is 2.21. The molecule has 1 aliphatic heterocycles. The fraction of sp³-hybridized carbons (Fsp3) is 0.619. The summed E-state index contributed by atoms with van der Waals surface area (Å²) in [4.78, 5) is 28.8. The molecule has 0 aliphatic carbocycles. The third-order valence-electron chi connectivity index (χ3n) is 5.21. The van der Waals surface area contributed by atoms with Crippen molar-refractivity contribution < 1.29 is 9.59 Å². The summed E-state index contributed by atoms with van der Waals surface area (Å²) in [5.41, 5.74) is 3.17. The fourth-order valence-electron chi connectivity index (χ4n) is 3.41. The van der Waals surface area contributed by atoms with Crippen LogP contribution in [0.15, 0.2) is 18.2 Å². The third-order valence-corrected chi connectivity index (χ3v) is 5.21. The number of nitrogens with zero attached hydrogens (tertiary/aromatic N) is 2. The zero-order valence-corrected chi connectivity index (χ0v) is 17.2. The molecule has 1 atom stereocenters. The van der Waals surface area contributed by atoms with Gasteiger partial charge in [-0.05, 0) is 44.4 Å². The van der Waals surface area contributed by atoms with E-state index in [1.807, 2.05) is 39.0 Å². The highest BCUT2D eigenvalue weighted by atomic mass is 16.2. The molecule has 1 fully saturated rings. The van der Waals surface area contributed by atoms with Crippen LogP contribution >= 0.6 is 0 Å². The summed E-state index contributed by atoms with van der Waals surface area (Å²) in [7, 11) is 0. The molecule has 0 aromatic heterocycles. The van der Waals surface area contributed by atoms with Gasteiger partial charge in [0, 0.05) is 37.9 Å². The predicted octanol–water partition coefficient (Wildman–Crippen LogP) is 2.16. The molecule has 0 saturated carbocycles. The lowest BCUT2D eigenvalue weighted by Crippen LogP contribution is -2.51. The van der Waals surface area contributed by atoms with Crippen LogP contribution in [-0.2, 0) is 9.59 Å². The molecule has 0 spiro atoms. The van der Waals surface area contributed by atoms with Crippen LogP contribution in [0.4, 0.5) is 5.69 Å². The lowest BCUT2D eigenvalue weighted by Gasteiger charge is -2.34. The zero-order valence-electron chi connectivity index (χ0n) is 17.2. The molecule has 0 bridgehead atoms. The Morgan fingerprint density at radius 1 is 1.04 bits per heavy atom. The monoisotopic (exact) mass is 374 g/mol. The molecule has 2 amide bonds. The van der Waals surface area contributed by atoms with E-state index >= 15 is 0 Å². The molecule has 1 aromatic carbocycles. The van der Waals surface area contributed by atoms with Crippen LogP contribution < -0.4 is 10.6 Å². The average molecular weight is 375 g/mol. The molecule has 0 unspecified atom stereocenters. The Kier molecular flexibility index (Phi) is 8.25. The Hall–Kier alpha value is -1.92. The normalized spacial score (nSPS) is 16.7. The van der Waals surface area contributed by atoms with Crippen molar-refractivity contribution in [3.8, 4) is 0 Å². The van der Waals surface area contributed by atoms with Gasteiger partial charge in [-0.1, -0.05) is 25.5 Å². The number of carbonyl (C=O) groups is 2. The van der Waals surface area contributed by atoms with Gasteiger partial charge in [-0.2, -0.15) is 0 Å². The van der Waals surface area contributed by atoms with Crippen molar-refractivity contribution in [2.75, 3.05) is 44.6 Å². The van der Waals surface area contributed by atoms with Gasteiger partial charge in [-0.25, -0.2) is 0 Å². The topological polar surface area (TPSA) is 64.7 Å². The first-order valence-corrected chi connectivity index (χ1v) is 9.99. The molecular weight excluding hydrogens is 340 g/mol. The van der Waals surface area contributed by atoms with Crippen molar-refractivity contribution >= 4 is 17.5 Å². The number of nitrogens with one attached hydrogen (secondary N) is 2. The summed E-state index contributed by atoms with van der Waals surface area (Å²) < 4.78 is 0. The third kappa shape index (κ3) is 6.96. The molecule has 2 rings (SSSR count). The number of hydrogen-bond donors (Lipinski definition) is 2. The second-order valence-corrected chi connectivity index (χ2v) is 7.61. The second-order valence-electron chi connectivity index (χ2n) is 7.61. The Morgan fingerprint density at radius 3 is 2.22 bits per heavy atom. The molecule has 1 saturated heterocycles. The SMILES string of the molecule is CCC[C@H](C)NC(=O)CN1CCN(CC(=O)Nc2cccc(C)c2C)CC1. The van der Waals surface area contributed by atoms with E-state index in [9.17, 15) is 9.59 Å². The second kappa shape index (κ2) is 10.4. The molecule has 6 heteroatoms. The maximum atomic E-state index is 12.4. The molecular formula is C21H34N4O2. The summed E-state index contributed by atoms with van der Waals surface area (Å²) in [6, 6.07) is 6.18. The Balaban J connectivity index is 1.71. The number of benzene rings is 1. The van der Waals surface area contributed by atoms with Crippen LogP contribution in [0.25, 0.3) is 0 Å². The van der Waals surface area contributed by atoms with Gasteiger partial charge >= 0.3 is 0 Å². The molecule has 0 radical (unpaired) electrons. The van der Waals surface area contributed by atoms with Gasteiger partial charge in [-0.15, -0.1) is 0 Å². The van der Waals surface area contributed by atoms with Gasteiger partial charge in [0.1, 0.15) is 0 Å². The van der Waals surface area contributed by atoms with Crippen LogP contribution in [-0.4, -0.2) is 66.9 Å². The molecule has 1 aromatic rings. The maximum absolute atomic E-state index is 12.4. The summed E-state index contributed by atoms with van der Waals surface area (Å²) >= 11 is 0. The minimum Gasteiger partial charge on any atom is -0.353 e. The Labute approximate surface area is 163 Å². The minimum absolute atomic E-state index is 0.0169. The summed E-state index contributed by atoms with van der Waals surface area (Å²) in [6.45, 7) is 12.3. The first-order valence-electron chi connectivity index (χ1n) is 9.99. The number of aryl methyl sites for hydroxylation is 1. The average Bonchev–Trinajstić information content (AvgIpc) is 2.60. The van der Waals surface area contributed by atoms with E-state index in [-0.39, 0.29) is 17.9 Å². The van der Waals surface area contributed by atoms with E-state index in [1.165, 1.54) is 5.56 Å². The van der Waals surface area contributed by atoms with E-state index in [0.717, 1.165) is 50.3 Å². The summed E-state index contributed by atoms with van der Waals surface area (Å²) in [5, 5.41) is 6.07. The standard InChI is InChI=1S/C21H34N4O2/c1-5-7-17(3)22-20(26)14-24-10-12-25(13-11-24)15-21(27)23-19-9-6-8-16(2)18(19)4/h6,8-9,17H,5,7,10-15H2,1-4H3,(H,22,26)(H,23,27)/t17-/m0/s1. The van der Waals surface area contributed by atoms with Crippen LogP contribution in [0.5, 0.6) is 0 Å². The lowest BCUT2D eigenvalue weighted by atomic mass is 10.1. The highest BCUT2D eigenvalue weighted by molar-refractivity contribution is 5.93. The number of rotatable bonds is 8. The fourth-order valence-corrected chi connectivity index (χ4v) is 3.41. The molecule has 6 nitrogen and oxygen atoms in total. The zero-order chi connectivity index (χ0) is 19.8. The molecule has 2 N–H and O–H groups in total. The van der Waals surface area contributed by atoms with Crippen LogP contribution in [0.3, 0.4) is 0 Å². The smallest absolute Gasteiger partial charge is 0.238 e. The van der Waals surface area contributed by atoms with E-state index in [4.69, 9.17) is 0 Å². The number of carbonyl (C=O) groups excluding carboxylic acids is 2. The Bertz CT molecular complexity index is 639. The van der Waals surface area contributed by atoms with Crippen molar-refractivity contribution in [1.82, 2.24) is 15.1 Å².